The van der Waals surface area contributed by atoms with Crippen LogP contribution in [0.4, 0.5) is 15.8 Å². The minimum atomic E-state index is -0.949. The Morgan fingerprint density at radius 3 is 2.88 bits per heavy atom. The van der Waals surface area contributed by atoms with Crippen molar-refractivity contribution in [1.82, 2.24) is 9.78 Å². The van der Waals surface area contributed by atoms with Crippen LogP contribution in [0.3, 0.4) is 0 Å². The molecule has 3 rings (SSSR count). The van der Waals surface area contributed by atoms with E-state index in [4.69, 9.17) is 4.74 Å². The first kappa shape index (κ1) is 17.1. The number of hydrogen-bond acceptors (Lipinski definition) is 4. The van der Waals surface area contributed by atoms with E-state index >= 15 is 0 Å². The molecule has 1 atom stereocenters. The van der Waals surface area contributed by atoms with Crippen molar-refractivity contribution >= 4 is 23.2 Å². The fourth-order valence-electron chi connectivity index (χ4n) is 2.61. The number of halogens is 1. The summed E-state index contributed by atoms with van der Waals surface area (Å²) in [5.74, 6) is -2.43. The smallest absolute Gasteiger partial charge is 0.314 e. The fraction of sp³-hybridized carbons (Fsp3) is 0.353. The molecule has 25 heavy (non-hydrogen) atoms. The summed E-state index contributed by atoms with van der Waals surface area (Å²) in [6.07, 6.45) is 5.21. The predicted octanol–water partition coefficient (Wildman–Crippen LogP) is 2.09. The zero-order chi connectivity index (χ0) is 17.8. The summed E-state index contributed by atoms with van der Waals surface area (Å²) in [7, 11) is 0. The van der Waals surface area contributed by atoms with E-state index in [-0.39, 0.29) is 11.8 Å². The number of ether oxygens (including phenoxy) is 1. The van der Waals surface area contributed by atoms with Gasteiger partial charge in [0.1, 0.15) is 5.82 Å². The second-order valence-corrected chi connectivity index (χ2v) is 5.98. The van der Waals surface area contributed by atoms with Crippen molar-refractivity contribution in [2.75, 3.05) is 17.2 Å². The lowest BCUT2D eigenvalue weighted by Crippen LogP contribution is -2.29. The number of amides is 2. The summed E-state index contributed by atoms with van der Waals surface area (Å²) in [6, 6.07) is 4.34. The Kier molecular flexibility index (Phi) is 5.08. The van der Waals surface area contributed by atoms with Crippen LogP contribution in [0.5, 0.6) is 0 Å². The van der Waals surface area contributed by atoms with E-state index < -0.39 is 17.6 Å². The molecule has 0 spiro atoms. The Labute approximate surface area is 144 Å². The predicted molar refractivity (Wildman–Crippen MR) is 89.6 cm³/mol. The molecule has 132 valence electrons. The number of carbonyl (C=O) groups excluding carboxylic acids is 2. The fourth-order valence-corrected chi connectivity index (χ4v) is 2.61. The number of benzene rings is 1. The molecule has 0 saturated carbocycles. The summed E-state index contributed by atoms with van der Waals surface area (Å²) in [4.78, 5) is 23.8. The van der Waals surface area contributed by atoms with Crippen LogP contribution in [0.15, 0.2) is 30.6 Å². The molecule has 2 N–H and O–H groups in total. The van der Waals surface area contributed by atoms with Gasteiger partial charge in [-0.25, -0.2) is 4.39 Å². The standard InChI is InChI=1S/C17H19FN4O3/c1-11-4-5-15(14(18)7-11)21-17(24)16(23)20-12-8-19-22(9-12)10-13-3-2-6-25-13/h4-5,7-9,13H,2-3,6,10H2,1H3,(H,20,23)(H,21,24). The van der Waals surface area contributed by atoms with Crippen LogP contribution in [0.25, 0.3) is 0 Å². The van der Waals surface area contributed by atoms with Crippen molar-refractivity contribution in [3.8, 4) is 0 Å². The summed E-state index contributed by atoms with van der Waals surface area (Å²) in [6.45, 7) is 3.08. The van der Waals surface area contributed by atoms with Crippen molar-refractivity contribution in [2.45, 2.75) is 32.4 Å². The summed E-state index contributed by atoms with van der Waals surface area (Å²) in [5.41, 5.74) is 1.07. The van der Waals surface area contributed by atoms with Crippen LogP contribution in [0.1, 0.15) is 18.4 Å². The van der Waals surface area contributed by atoms with Crippen LogP contribution in [0, 0.1) is 12.7 Å². The minimum absolute atomic E-state index is 0.0418. The Morgan fingerprint density at radius 1 is 1.36 bits per heavy atom. The summed E-state index contributed by atoms with van der Waals surface area (Å²) < 4.78 is 20.9. The third-order valence-electron chi connectivity index (χ3n) is 3.88. The molecular weight excluding hydrogens is 327 g/mol. The van der Waals surface area contributed by atoms with Crippen molar-refractivity contribution in [3.05, 3.63) is 42.0 Å². The third kappa shape index (κ3) is 4.42. The van der Waals surface area contributed by atoms with E-state index in [0.717, 1.165) is 25.0 Å². The molecular formula is C17H19FN4O3. The van der Waals surface area contributed by atoms with Crippen LogP contribution >= 0.6 is 0 Å². The van der Waals surface area contributed by atoms with Gasteiger partial charge in [-0.05, 0) is 37.5 Å². The molecule has 2 aromatic rings. The van der Waals surface area contributed by atoms with Gasteiger partial charge in [-0.2, -0.15) is 5.10 Å². The van der Waals surface area contributed by atoms with Gasteiger partial charge in [-0.3, -0.25) is 14.3 Å². The number of nitrogens with one attached hydrogen (secondary N) is 2. The molecule has 1 unspecified atom stereocenters. The molecule has 1 saturated heterocycles. The highest BCUT2D eigenvalue weighted by Crippen LogP contribution is 2.16. The third-order valence-corrected chi connectivity index (χ3v) is 3.88. The summed E-state index contributed by atoms with van der Waals surface area (Å²) in [5, 5.41) is 8.82. The maximum absolute atomic E-state index is 13.7. The Bertz CT molecular complexity index is 784. The van der Waals surface area contributed by atoms with Gasteiger partial charge in [0.05, 0.1) is 30.2 Å². The second-order valence-electron chi connectivity index (χ2n) is 5.98. The highest BCUT2D eigenvalue weighted by atomic mass is 19.1. The number of rotatable bonds is 4. The largest absolute Gasteiger partial charge is 0.376 e. The van der Waals surface area contributed by atoms with E-state index in [1.165, 1.54) is 18.3 Å². The zero-order valence-electron chi connectivity index (χ0n) is 13.8. The number of anilines is 2. The molecule has 0 aliphatic carbocycles. The molecule has 2 heterocycles. The normalized spacial score (nSPS) is 16.6. The first-order valence-electron chi connectivity index (χ1n) is 8.04. The van der Waals surface area contributed by atoms with Crippen molar-refractivity contribution in [3.63, 3.8) is 0 Å². The molecule has 0 bridgehead atoms. The first-order chi connectivity index (χ1) is 12.0. The Morgan fingerprint density at radius 2 is 2.16 bits per heavy atom. The zero-order valence-corrected chi connectivity index (χ0v) is 13.8. The first-order valence-corrected chi connectivity index (χ1v) is 8.04. The van der Waals surface area contributed by atoms with Gasteiger partial charge >= 0.3 is 11.8 Å². The lowest BCUT2D eigenvalue weighted by Gasteiger charge is -2.08. The molecule has 7 nitrogen and oxygen atoms in total. The monoisotopic (exact) mass is 346 g/mol. The lowest BCUT2D eigenvalue weighted by molar-refractivity contribution is -0.133. The van der Waals surface area contributed by atoms with Crippen LogP contribution in [-0.4, -0.2) is 34.3 Å². The van der Waals surface area contributed by atoms with E-state index in [0.29, 0.717) is 12.2 Å². The summed E-state index contributed by atoms with van der Waals surface area (Å²) >= 11 is 0. The molecule has 1 aromatic carbocycles. The van der Waals surface area contributed by atoms with Crippen LogP contribution < -0.4 is 10.6 Å². The molecule has 8 heteroatoms. The van der Waals surface area contributed by atoms with Gasteiger partial charge in [-0.15, -0.1) is 0 Å². The van der Waals surface area contributed by atoms with Gasteiger partial charge in [0.2, 0.25) is 0 Å². The number of nitrogens with zero attached hydrogens (tertiary/aromatic N) is 2. The highest BCUT2D eigenvalue weighted by molar-refractivity contribution is 6.43. The Hall–Kier alpha value is -2.74. The van der Waals surface area contributed by atoms with Crippen LogP contribution in [-0.2, 0) is 20.9 Å². The Balaban J connectivity index is 1.56. The van der Waals surface area contributed by atoms with Gasteiger partial charge in [-0.1, -0.05) is 6.07 Å². The number of aryl methyl sites for hydroxylation is 1. The van der Waals surface area contributed by atoms with Crippen molar-refractivity contribution in [1.29, 1.82) is 0 Å². The van der Waals surface area contributed by atoms with Gasteiger partial charge in [0.15, 0.2) is 0 Å². The lowest BCUT2D eigenvalue weighted by atomic mass is 10.2. The molecule has 1 aliphatic heterocycles. The quantitative estimate of drug-likeness (QED) is 0.830. The maximum atomic E-state index is 13.7. The van der Waals surface area contributed by atoms with Gasteiger partial charge in [0.25, 0.3) is 0 Å². The van der Waals surface area contributed by atoms with E-state index in [2.05, 4.69) is 15.7 Å². The van der Waals surface area contributed by atoms with Crippen LogP contribution in [0.2, 0.25) is 0 Å². The molecule has 0 radical (unpaired) electrons. The second kappa shape index (κ2) is 7.43. The van der Waals surface area contributed by atoms with E-state index in [1.807, 2.05) is 0 Å². The molecule has 1 fully saturated rings. The topological polar surface area (TPSA) is 85.3 Å². The van der Waals surface area contributed by atoms with Gasteiger partial charge in [0, 0.05) is 12.8 Å². The molecule has 2 amide bonds. The molecule has 1 aromatic heterocycles. The number of carbonyl (C=O) groups is 2. The van der Waals surface area contributed by atoms with E-state index in [9.17, 15) is 14.0 Å². The molecule has 1 aliphatic rings. The maximum Gasteiger partial charge on any atom is 0.314 e. The number of aromatic nitrogens is 2. The van der Waals surface area contributed by atoms with Gasteiger partial charge < -0.3 is 15.4 Å². The van der Waals surface area contributed by atoms with Crippen molar-refractivity contribution in [2.24, 2.45) is 0 Å². The van der Waals surface area contributed by atoms with Crippen molar-refractivity contribution < 1.29 is 18.7 Å². The average Bonchev–Trinajstić information content (AvgIpc) is 3.22. The minimum Gasteiger partial charge on any atom is -0.376 e. The van der Waals surface area contributed by atoms with E-state index in [1.54, 1.807) is 23.9 Å². The average molecular weight is 346 g/mol. The number of hydrogen-bond donors (Lipinski definition) is 2. The highest BCUT2D eigenvalue weighted by Gasteiger charge is 2.18. The SMILES string of the molecule is Cc1ccc(NC(=O)C(=O)Nc2cnn(CC3CCCO3)c2)c(F)c1.